The highest BCUT2D eigenvalue weighted by molar-refractivity contribution is 9.10. The topological polar surface area (TPSA) is 74.3 Å². The van der Waals surface area contributed by atoms with Gasteiger partial charge in [-0.3, -0.25) is 0 Å². The molecule has 0 aliphatic heterocycles. The molecule has 0 atom stereocenters. The Kier molecular flexibility index (Phi) is 10.4. The van der Waals surface area contributed by atoms with Crippen LogP contribution in [0.15, 0.2) is 75.7 Å². The molecule has 0 saturated carbocycles. The third kappa shape index (κ3) is 7.56. The van der Waals surface area contributed by atoms with Crippen LogP contribution in [0.1, 0.15) is 11.4 Å². The molecule has 0 fully saturated rings. The Hall–Kier alpha value is -2.39. The molecule has 0 unspecified atom stereocenters. The van der Waals surface area contributed by atoms with Gasteiger partial charge in [0.15, 0.2) is 0 Å². The molecule has 180 valence electrons. The predicted molar refractivity (Wildman–Crippen MR) is 147 cm³/mol. The Morgan fingerprint density at radius 3 is 2.35 bits per heavy atom. The van der Waals surface area contributed by atoms with E-state index < -0.39 is 0 Å². The number of hydrogen-bond acceptors (Lipinski definition) is 5. The Bertz CT molecular complexity index is 1180. The zero-order chi connectivity index (χ0) is 24.3. The molecule has 4 rings (SSSR count). The molecule has 34 heavy (non-hydrogen) atoms. The number of ether oxygens (including phenoxy) is 2. The smallest absolute Gasteiger partial charge is 0.114 e. The van der Waals surface area contributed by atoms with Crippen molar-refractivity contribution in [1.82, 2.24) is 9.55 Å². The Morgan fingerprint density at radius 2 is 1.62 bits per heavy atom. The Labute approximate surface area is 217 Å². The van der Waals surface area contributed by atoms with E-state index in [1.54, 1.807) is 14.2 Å². The summed E-state index contributed by atoms with van der Waals surface area (Å²) in [6.07, 6.45) is 0.830. The molecule has 1 heterocycles. The van der Waals surface area contributed by atoms with Crippen molar-refractivity contribution in [3.63, 3.8) is 0 Å². The molecular formula is C26H30Br2N4O2. The third-order valence-electron chi connectivity index (χ3n) is 5.15. The normalized spacial score (nSPS) is 10.7. The van der Waals surface area contributed by atoms with Gasteiger partial charge in [-0.1, -0.05) is 62.2 Å². The number of benzene rings is 3. The largest absolute Gasteiger partial charge is 0.397 e. The number of aromatic nitrogens is 2. The van der Waals surface area contributed by atoms with Gasteiger partial charge in [0, 0.05) is 42.7 Å². The average Bonchev–Trinajstić information content (AvgIpc) is 3.17. The summed E-state index contributed by atoms with van der Waals surface area (Å²) < 4.78 is 14.5. The van der Waals surface area contributed by atoms with E-state index in [0.29, 0.717) is 13.2 Å². The minimum atomic E-state index is 0.673. The first-order chi connectivity index (χ1) is 16.5. The van der Waals surface area contributed by atoms with E-state index in [2.05, 4.69) is 78.1 Å². The molecule has 0 spiro atoms. The zero-order valence-electron chi connectivity index (χ0n) is 19.4. The van der Waals surface area contributed by atoms with Gasteiger partial charge >= 0.3 is 0 Å². The molecule has 0 bridgehead atoms. The van der Waals surface area contributed by atoms with Crippen molar-refractivity contribution in [2.45, 2.75) is 13.0 Å². The zero-order valence-corrected chi connectivity index (χ0v) is 22.6. The van der Waals surface area contributed by atoms with Gasteiger partial charge in [-0.2, -0.15) is 0 Å². The van der Waals surface area contributed by atoms with Gasteiger partial charge in [0.1, 0.15) is 5.82 Å². The van der Waals surface area contributed by atoms with Gasteiger partial charge < -0.3 is 25.1 Å². The number of hydrogen-bond donors (Lipinski definition) is 2. The minimum absolute atomic E-state index is 0.673. The summed E-state index contributed by atoms with van der Waals surface area (Å²) in [5, 5.41) is 3.17. The first-order valence-corrected chi connectivity index (χ1v) is 12.6. The lowest BCUT2D eigenvalue weighted by Crippen LogP contribution is -2.09. The number of nitrogens with two attached hydrogens (primary N) is 1. The van der Waals surface area contributed by atoms with Crippen LogP contribution in [0.2, 0.25) is 0 Å². The fourth-order valence-electron chi connectivity index (χ4n) is 3.46. The summed E-state index contributed by atoms with van der Waals surface area (Å²) >= 11 is 6.92. The van der Waals surface area contributed by atoms with Crippen LogP contribution in [-0.2, 0) is 22.4 Å². The van der Waals surface area contributed by atoms with E-state index in [1.807, 2.05) is 30.3 Å². The van der Waals surface area contributed by atoms with Crippen LogP contribution in [0.4, 0.5) is 11.4 Å². The highest BCUT2D eigenvalue weighted by atomic mass is 79.9. The van der Waals surface area contributed by atoms with Crippen molar-refractivity contribution in [2.24, 2.45) is 0 Å². The molecule has 3 N–H and O–H groups in total. The summed E-state index contributed by atoms with van der Waals surface area (Å²) in [5.74, 6) is 1.08. The fraction of sp³-hybridized carbons (Fsp3) is 0.269. The molecule has 0 amide bonds. The molecule has 0 aliphatic rings. The average molecular weight is 590 g/mol. The lowest BCUT2D eigenvalue weighted by molar-refractivity contribution is 0.187. The number of halogens is 2. The number of nitrogen functional groups attached to an aromatic ring is 1. The lowest BCUT2D eigenvalue weighted by Gasteiger charge is -2.09. The second-order valence-electron chi connectivity index (χ2n) is 7.62. The fourth-order valence-corrected chi connectivity index (χ4v) is 4.17. The van der Waals surface area contributed by atoms with Crippen molar-refractivity contribution in [3.8, 4) is 0 Å². The maximum absolute atomic E-state index is 5.75. The molecule has 8 heteroatoms. The highest BCUT2D eigenvalue weighted by Crippen LogP contribution is 2.23. The van der Waals surface area contributed by atoms with E-state index in [1.165, 1.54) is 5.56 Å². The van der Waals surface area contributed by atoms with E-state index >= 15 is 0 Å². The highest BCUT2D eigenvalue weighted by Gasteiger charge is 2.11. The standard InChI is InChI=1S/C17H17BrN2O.C9H13BrN2O/c1-21-10-9-20-16-12-14(18)7-8-15(16)19-17(20)11-13-5-3-2-4-6-13;1-13-5-4-12-9-6-7(10)2-3-8(9)11/h2-8,12H,9-11H2,1H3;2-3,6,12H,4-5,11H2,1H3. The van der Waals surface area contributed by atoms with E-state index in [4.69, 9.17) is 20.2 Å². The number of methoxy groups -OCH3 is 2. The summed E-state index contributed by atoms with van der Waals surface area (Å²) in [4.78, 5) is 4.79. The van der Waals surface area contributed by atoms with E-state index in [9.17, 15) is 0 Å². The maximum Gasteiger partial charge on any atom is 0.114 e. The molecule has 0 saturated heterocycles. The molecule has 1 aromatic heterocycles. The van der Waals surface area contributed by atoms with Crippen molar-refractivity contribution in [3.05, 3.63) is 87.1 Å². The summed E-state index contributed by atoms with van der Waals surface area (Å²) in [7, 11) is 3.40. The van der Waals surface area contributed by atoms with Crippen molar-refractivity contribution < 1.29 is 9.47 Å². The number of nitrogens with one attached hydrogen (secondary N) is 1. The monoisotopic (exact) mass is 588 g/mol. The van der Waals surface area contributed by atoms with Crippen LogP contribution in [-0.4, -0.2) is 43.5 Å². The molecule has 0 radical (unpaired) electrons. The first kappa shape index (κ1) is 26.2. The summed E-state index contributed by atoms with van der Waals surface area (Å²) in [5.41, 5.74) is 10.9. The lowest BCUT2D eigenvalue weighted by atomic mass is 10.1. The first-order valence-electron chi connectivity index (χ1n) is 11.0. The van der Waals surface area contributed by atoms with Gasteiger partial charge in [-0.05, 0) is 42.0 Å². The number of nitrogens with zero attached hydrogens (tertiary/aromatic N) is 2. The third-order valence-corrected chi connectivity index (χ3v) is 6.14. The number of fused-ring (bicyclic) bond motifs is 1. The summed E-state index contributed by atoms with van der Waals surface area (Å²) in [6, 6.07) is 22.4. The second-order valence-corrected chi connectivity index (χ2v) is 9.45. The minimum Gasteiger partial charge on any atom is -0.397 e. The van der Waals surface area contributed by atoms with Crippen LogP contribution in [0.5, 0.6) is 0 Å². The number of imidazole rings is 1. The van der Waals surface area contributed by atoms with Gasteiger partial charge in [0.25, 0.3) is 0 Å². The van der Waals surface area contributed by atoms with Crippen LogP contribution in [0, 0.1) is 0 Å². The Morgan fingerprint density at radius 1 is 0.912 bits per heavy atom. The molecule has 4 aromatic rings. The van der Waals surface area contributed by atoms with Crippen LogP contribution >= 0.6 is 31.9 Å². The molecule has 0 aliphatic carbocycles. The quantitative estimate of drug-likeness (QED) is 0.182. The van der Waals surface area contributed by atoms with Gasteiger partial charge in [-0.15, -0.1) is 0 Å². The number of rotatable bonds is 9. The molecule has 6 nitrogen and oxygen atoms in total. The Balaban J connectivity index is 0.000000215. The number of anilines is 2. The van der Waals surface area contributed by atoms with Gasteiger partial charge in [0.05, 0.1) is 35.6 Å². The van der Waals surface area contributed by atoms with Crippen LogP contribution in [0.3, 0.4) is 0 Å². The van der Waals surface area contributed by atoms with Gasteiger partial charge in [0.2, 0.25) is 0 Å². The van der Waals surface area contributed by atoms with E-state index in [-0.39, 0.29) is 0 Å². The maximum atomic E-state index is 5.75. The molecular weight excluding hydrogens is 560 g/mol. The van der Waals surface area contributed by atoms with Gasteiger partial charge in [-0.25, -0.2) is 4.98 Å². The van der Waals surface area contributed by atoms with E-state index in [0.717, 1.165) is 56.7 Å². The molecule has 3 aromatic carbocycles. The second kappa shape index (κ2) is 13.5. The van der Waals surface area contributed by atoms with Crippen molar-refractivity contribution >= 4 is 54.3 Å². The van der Waals surface area contributed by atoms with Crippen LogP contribution in [0.25, 0.3) is 11.0 Å². The SMILES string of the molecule is COCCNc1cc(Br)ccc1N.COCCn1c(Cc2ccccc2)nc2ccc(Br)cc21. The van der Waals surface area contributed by atoms with Crippen molar-refractivity contribution in [2.75, 3.05) is 45.0 Å². The predicted octanol–water partition coefficient (Wildman–Crippen LogP) is 6.13. The van der Waals surface area contributed by atoms with Crippen LogP contribution < -0.4 is 11.1 Å². The summed E-state index contributed by atoms with van der Waals surface area (Å²) in [6.45, 7) is 2.93. The van der Waals surface area contributed by atoms with Crippen molar-refractivity contribution in [1.29, 1.82) is 0 Å².